The molecule has 2 rings (SSSR count). The van der Waals surface area contributed by atoms with E-state index in [1.165, 1.54) is 18.2 Å². The number of rotatable bonds is 4. The van der Waals surface area contributed by atoms with Gasteiger partial charge in [0.1, 0.15) is 11.5 Å². The fourth-order valence-electron chi connectivity index (χ4n) is 1.87. The highest BCUT2D eigenvalue weighted by molar-refractivity contribution is 5.72. The van der Waals surface area contributed by atoms with E-state index >= 15 is 0 Å². The third-order valence-electron chi connectivity index (χ3n) is 3.06. The minimum absolute atomic E-state index is 0.0581. The standard InChI is InChI=1S/C14H12N2O5/c1-9-7-12(13(16(19)20)8-10(9)2)14-4-3-11(21-14)5-6-15(17)18/h3-8H,1-2H3. The van der Waals surface area contributed by atoms with Gasteiger partial charge in [0, 0.05) is 6.07 Å². The van der Waals surface area contributed by atoms with Gasteiger partial charge in [-0.1, -0.05) is 0 Å². The largest absolute Gasteiger partial charge is 0.456 e. The van der Waals surface area contributed by atoms with Crippen LogP contribution in [-0.4, -0.2) is 9.85 Å². The summed E-state index contributed by atoms with van der Waals surface area (Å²) in [5.74, 6) is 0.557. The van der Waals surface area contributed by atoms with E-state index in [4.69, 9.17) is 4.42 Å². The Kier molecular flexibility index (Phi) is 3.84. The Bertz CT molecular complexity index is 746. The summed E-state index contributed by atoms with van der Waals surface area (Å²) in [5.41, 5.74) is 2.00. The number of nitrogens with zero attached hydrogens (tertiary/aromatic N) is 2. The molecule has 0 unspecified atom stereocenters. The predicted molar refractivity (Wildman–Crippen MR) is 76.3 cm³/mol. The van der Waals surface area contributed by atoms with E-state index in [0.717, 1.165) is 17.3 Å². The van der Waals surface area contributed by atoms with Gasteiger partial charge in [-0.25, -0.2) is 0 Å². The molecule has 0 atom stereocenters. The van der Waals surface area contributed by atoms with Crippen molar-refractivity contribution in [3.05, 3.63) is 67.6 Å². The summed E-state index contributed by atoms with van der Waals surface area (Å²) in [4.78, 5) is 20.3. The van der Waals surface area contributed by atoms with Crippen molar-refractivity contribution in [2.45, 2.75) is 13.8 Å². The quantitative estimate of drug-likeness (QED) is 0.630. The summed E-state index contributed by atoms with van der Waals surface area (Å²) in [6.07, 6.45) is 1.94. The number of hydrogen-bond donors (Lipinski definition) is 0. The van der Waals surface area contributed by atoms with Crippen LogP contribution in [0.4, 0.5) is 5.69 Å². The zero-order valence-corrected chi connectivity index (χ0v) is 11.4. The Morgan fingerprint density at radius 3 is 2.38 bits per heavy atom. The van der Waals surface area contributed by atoms with Gasteiger partial charge in [-0.15, -0.1) is 0 Å². The average Bonchev–Trinajstić information content (AvgIpc) is 2.87. The van der Waals surface area contributed by atoms with Crippen molar-refractivity contribution < 1.29 is 14.3 Å². The van der Waals surface area contributed by atoms with Gasteiger partial charge in [0.2, 0.25) is 6.20 Å². The predicted octanol–water partition coefficient (Wildman–Crippen LogP) is 3.72. The van der Waals surface area contributed by atoms with Crippen molar-refractivity contribution in [2.24, 2.45) is 0 Å². The van der Waals surface area contributed by atoms with Gasteiger partial charge < -0.3 is 4.42 Å². The van der Waals surface area contributed by atoms with Crippen LogP contribution in [0.15, 0.2) is 34.9 Å². The van der Waals surface area contributed by atoms with E-state index in [0.29, 0.717) is 11.3 Å². The molecule has 0 bridgehead atoms. The summed E-state index contributed by atoms with van der Waals surface area (Å²) < 4.78 is 5.41. The van der Waals surface area contributed by atoms with Crippen molar-refractivity contribution >= 4 is 11.8 Å². The zero-order chi connectivity index (χ0) is 15.6. The number of nitro groups is 2. The van der Waals surface area contributed by atoms with Crippen LogP contribution in [0.3, 0.4) is 0 Å². The Morgan fingerprint density at radius 2 is 1.76 bits per heavy atom. The lowest BCUT2D eigenvalue weighted by Crippen LogP contribution is -1.94. The zero-order valence-electron chi connectivity index (χ0n) is 11.4. The molecule has 0 saturated heterocycles. The molecule has 2 aromatic rings. The fraction of sp³-hybridized carbons (Fsp3) is 0.143. The summed E-state index contributed by atoms with van der Waals surface area (Å²) in [6.45, 7) is 3.64. The molecule has 1 aromatic carbocycles. The number of benzene rings is 1. The molecule has 108 valence electrons. The second-order valence-electron chi connectivity index (χ2n) is 4.51. The first kappa shape index (κ1) is 14.4. The first-order chi connectivity index (χ1) is 9.88. The molecule has 0 fully saturated rings. The first-order valence-electron chi connectivity index (χ1n) is 6.06. The van der Waals surface area contributed by atoms with Crippen molar-refractivity contribution in [3.63, 3.8) is 0 Å². The smallest absolute Gasteiger partial charge is 0.280 e. The van der Waals surface area contributed by atoms with Crippen LogP contribution in [-0.2, 0) is 0 Å². The Morgan fingerprint density at radius 1 is 1.10 bits per heavy atom. The van der Waals surface area contributed by atoms with Gasteiger partial charge in [0.15, 0.2) is 0 Å². The molecule has 0 aliphatic rings. The minimum atomic E-state index is -0.610. The second-order valence-corrected chi connectivity index (χ2v) is 4.51. The van der Waals surface area contributed by atoms with Crippen molar-refractivity contribution in [2.75, 3.05) is 0 Å². The minimum Gasteiger partial charge on any atom is -0.456 e. The summed E-state index contributed by atoms with van der Waals surface area (Å²) in [7, 11) is 0. The van der Waals surface area contributed by atoms with E-state index in [2.05, 4.69) is 0 Å². The number of nitro benzene ring substituents is 1. The Balaban J connectivity index is 2.49. The normalized spacial score (nSPS) is 11.0. The van der Waals surface area contributed by atoms with Crippen LogP contribution < -0.4 is 0 Å². The van der Waals surface area contributed by atoms with Gasteiger partial charge >= 0.3 is 0 Å². The van der Waals surface area contributed by atoms with Crippen LogP contribution >= 0.6 is 0 Å². The highest BCUT2D eigenvalue weighted by atomic mass is 16.6. The van der Waals surface area contributed by atoms with Crippen LogP contribution in [0, 0.1) is 34.1 Å². The van der Waals surface area contributed by atoms with Gasteiger partial charge in [-0.05, 0) is 43.2 Å². The molecular formula is C14H12N2O5. The second kappa shape index (κ2) is 5.58. The molecular weight excluding hydrogens is 276 g/mol. The van der Waals surface area contributed by atoms with Crippen molar-refractivity contribution in [1.29, 1.82) is 0 Å². The third-order valence-corrected chi connectivity index (χ3v) is 3.06. The lowest BCUT2D eigenvalue weighted by molar-refractivity contribution is -0.401. The Hall–Kier alpha value is -2.96. The van der Waals surface area contributed by atoms with E-state index in [9.17, 15) is 20.2 Å². The molecule has 7 nitrogen and oxygen atoms in total. The van der Waals surface area contributed by atoms with E-state index < -0.39 is 9.85 Å². The molecule has 1 heterocycles. The van der Waals surface area contributed by atoms with Gasteiger partial charge in [-0.2, -0.15) is 0 Å². The monoisotopic (exact) mass is 288 g/mol. The number of hydrogen-bond acceptors (Lipinski definition) is 5. The van der Waals surface area contributed by atoms with E-state index in [1.54, 1.807) is 19.1 Å². The summed E-state index contributed by atoms with van der Waals surface area (Å²) in [6, 6.07) is 6.23. The molecule has 21 heavy (non-hydrogen) atoms. The lowest BCUT2D eigenvalue weighted by Gasteiger charge is -2.04. The third kappa shape index (κ3) is 3.14. The molecule has 0 saturated carbocycles. The highest BCUT2D eigenvalue weighted by Crippen LogP contribution is 2.33. The molecule has 7 heteroatoms. The molecule has 1 aromatic heterocycles. The van der Waals surface area contributed by atoms with E-state index in [1.807, 2.05) is 6.92 Å². The topological polar surface area (TPSA) is 99.4 Å². The fourth-order valence-corrected chi connectivity index (χ4v) is 1.87. The molecule has 0 N–H and O–H groups in total. The number of furan rings is 1. The maximum atomic E-state index is 11.1. The van der Waals surface area contributed by atoms with Crippen molar-refractivity contribution in [3.8, 4) is 11.3 Å². The van der Waals surface area contributed by atoms with Crippen LogP contribution in [0.2, 0.25) is 0 Å². The molecule has 0 aliphatic heterocycles. The molecule has 0 amide bonds. The van der Waals surface area contributed by atoms with E-state index in [-0.39, 0.29) is 11.4 Å². The average molecular weight is 288 g/mol. The van der Waals surface area contributed by atoms with Crippen LogP contribution in [0.1, 0.15) is 16.9 Å². The lowest BCUT2D eigenvalue weighted by atomic mass is 10.0. The molecule has 0 radical (unpaired) electrons. The molecule has 0 spiro atoms. The van der Waals surface area contributed by atoms with Gasteiger partial charge in [-0.3, -0.25) is 20.2 Å². The van der Waals surface area contributed by atoms with Crippen LogP contribution in [0.5, 0.6) is 0 Å². The van der Waals surface area contributed by atoms with Crippen LogP contribution in [0.25, 0.3) is 17.4 Å². The molecule has 0 aliphatic carbocycles. The summed E-state index contributed by atoms with van der Waals surface area (Å²) >= 11 is 0. The first-order valence-corrected chi connectivity index (χ1v) is 6.06. The van der Waals surface area contributed by atoms with Crippen molar-refractivity contribution in [1.82, 2.24) is 0 Å². The maximum Gasteiger partial charge on any atom is 0.280 e. The SMILES string of the molecule is Cc1cc(-c2ccc(C=C[N+](=O)[O-])o2)c([N+](=O)[O-])cc1C. The maximum absolute atomic E-state index is 11.1. The van der Waals surface area contributed by atoms with Gasteiger partial charge in [0.05, 0.1) is 21.5 Å². The summed E-state index contributed by atoms with van der Waals surface area (Å²) in [5, 5.41) is 21.4. The highest BCUT2D eigenvalue weighted by Gasteiger charge is 2.19. The van der Waals surface area contributed by atoms with Gasteiger partial charge in [0.25, 0.3) is 5.69 Å². The Labute approximate surface area is 119 Å². The number of aryl methyl sites for hydroxylation is 2.